The number of rotatable bonds is 8. The SMILES string of the molecule is CCOc1ccc(NC(=O)/C(C#N)=C\c2ccc(OCc3ccccc3C#N)c(Br)c2)cc1. The number of anilines is 1. The summed E-state index contributed by atoms with van der Waals surface area (Å²) < 4.78 is 11.9. The first-order valence-electron chi connectivity index (χ1n) is 10.1. The molecule has 0 spiro atoms. The van der Waals surface area contributed by atoms with Gasteiger partial charge in [0.25, 0.3) is 5.91 Å². The van der Waals surface area contributed by atoms with Gasteiger partial charge in [-0.2, -0.15) is 10.5 Å². The minimum atomic E-state index is -0.508. The number of hydrogen-bond acceptors (Lipinski definition) is 5. The van der Waals surface area contributed by atoms with Gasteiger partial charge in [-0.3, -0.25) is 4.79 Å². The second-order valence-electron chi connectivity index (χ2n) is 6.83. The van der Waals surface area contributed by atoms with Gasteiger partial charge in [0.1, 0.15) is 29.7 Å². The molecule has 0 heterocycles. The van der Waals surface area contributed by atoms with Crippen molar-refractivity contribution in [2.75, 3.05) is 11.9 Å². The van der Waals surface area contributed by atoms with Crippen LogP contribution in [0.4, 0.5) is 5.69 Å². The normalized spacial score (nSPS) is 10.6. The Morgan fingerprint density at radius 1 is 1.06 bits per heavy atom. The number of ether oxygens (including phenoxy) is 2. The summed E-state index contributed by atoms with van der Waals surface area (Å²) >= 11 is 3.46. The second-order valence-corrected chi connectivity index (χ2v) is 7.68. The number of amides is 1. The van der Waals surface area contributed by atoms with Crippen LogP contribution in [-0.2, 0) is 11.4 Å². The van der Waals surface area contributed by atoms with E-state index < -0.39 is 5.91 Å². The zero-order chi connectivity index (χ0) is 23.6. The third kappa shape index (κ3) is 6.46. The van der Waals surface area contributed by atoms with Gasteiger partial charge in [0, 0.05) is 11.3 Å². The zero-order valence-electron chi connectivity index (χ0n) is 17.8. The van der Waals surface area contributed by atoms with Crippen LogP contribution in [0.2, 0.25) is 0 Å². The summed E-state index contributed by atoms with van der Waals surface area (Å²) in [4.78, 5) is 12.5. The molecule has 0 radical (unpaired) electrons. The van der Waals surface area contributed by atoms with Crippen molar-refractivity contribution in [1.82, 2.24) is 0 Å². The molecular formula is C26H20BrN3O3. The number of halogens is 1. The van der Waals surface area contributed by atoms with Crippen molar-refractivity contribution in [3.05, 3.63) is 93.5 Å². The van der Waals surface area contributed by atoms with E-state index >= 15 is 0 Å². The largest absolute Gasteiger partial charge is 0.494 e. The highest BCUT2D eigenvalue weighted by atomic mass is 79.9. The van der Waals surface area contributed by atoms with Gasteiger partial charge in [-0.25, -0.2) is 0 Å². The van der Waals surface area contributed by atoms with E-state index in [2.05, 4.69) is 27.3 Å². The Morgan fingerprint density at radius 2 is 1.82 bits per heavy atom. The second kappa shape index (κ2) is 11.5. The average molecular weight is 502 g/mol. The van der Waals surface area contributed by atoms with Crippen molar-refractivity contribution in [3.63, 3.8) is 0 Å². The third-order valence-corrected chi connectivity index (χ3v) is 5.20. The Morgan fingerprint density at radius 3 is 2.48 bits per heavy atom. The lowest BCUT2D eigenvalue weighted by atomic mass is 10.1. The van der Waals surface area contributed by atoms with Crippen LogP contribution in [0.1, 0.15) is 23.6 Å². The smallest absolute Gasteiger partial charge is 0.266 e. The lowest BCUT2D eigenvalue weighted by Gasteiger charge is -2.10. The van der Waals surface area contributed by atoms with E-state index in [1.165, 1.54) is 6.08 Å². The summed E-state index contributed by atoms with van der Waals surface area (Å²) in [6, 6.07) is 23.5. The molecule has 6 nitrogen and oxygen atoms in total. The van der Waals surface area contributed by atoms with Crippen LogP contribution in [0.3, 0.4) is 0 Å². The van der Waals surface area contributed by atoms with Crippen molar-refractivity contribution in [2.45, 2.75) is 13.5 Å². The summed E-state index contributed by atoms with van der Waals surface area (Å²) in [5.74, 6) is 0.776. The Bertz CT molecular complexity index is 1260. The van der Waals surface area contributed by atoms with E-state index in [1.807, 2.05) is 25.1 Å². The molecule has 1 amide bonds. The minimum absolute atomic E-state index is 0.0348. The van der Waals surface area contributed by atoms with Crippen LogP contribution in [0, 0.1) is 22.7 Å². The quantitative estimate of drug-likeness (QED) is 0.308. The highest BCUT2D eigenvalue weighted by Crippen LogP contribution is 2.28. The summed E-state index contributed by atoms with van der Waals surface area (Å²) in [5.41, 5.74) is 2.53. The number of hydrogen-bond donors (Lipinski definition) is 1. The average Bonchev–Trinajstić information content (AvgIpc) is 2.83. The standard InChI is InChI=1S/C26H20BrN3O3/c1-2-32-23-10-8-22(9-11-23)30-26(31)21(16-29)13-18-7-12-25(24(27)14-18)33-17-20-6-4-3-5-19(20)15-28/h3-14H,2,17H2,1H3,(H,30,31)/b21-13-. The van der Waals surface area contributed by atoms with Crippen LogP contribution in [0.5, 0.6) is 11.5 Å². The monoisotopic (exact) mass is 501 g/mol. The molecule has 0 aliphatic heterocycles. The Hall–Kier alpha value is -4.07. The lowest BCUT2D eigenvalue weighted by Crippen LogP contribution is -2.13. The fourth-order valence-corrected chi connectivity index (χ4v) is 3.46. The first kappa shape index (κ1) is 23.6. The summed E-state index contributed by atoms with van der Waals surface area (Å²) in [7, 11) is 0. The Labute approximate surface area is 200 Å². The molecule has 0 atom stereocenters. The summed E-state index contributed by atoms with van der Waals surface area (Å²) in [6.45, 7) is 2.69. The predicted molar refractivity (Wildman–Crippen MR) is 129 cm³/mol. The van der Waals surface area contributed by atoms with Gasteiger partial charge in [0.05, 0.1) is 22.7 Å². The molecule has 0 saturated carbocycles. The number of nitrogens with zero attached hydrogens (tertiary/aromatic N) is 2. The summed E-state index contributed by atoms with van der Waals surface area (Å²) in [5, 5.41) is 21.4. The minimum Gasteiger partial charge on any atom is -0.494 e. The number of benzene rings is 3. The zero-order valence-corrected chi connectivity index (χ0v) is 19.4. The van der Waals surface area contributed by atoms with E-state index in [-0.39, 0.29) is 12.2 Å². The molecule has 0 bridgehead atoms. The first-order chi connectivity index (χ1) is 16.0. The molecule has 33 heavy (non-hydrogen) atoms. The Balaban J connectivity index is 1.69. The topological polar surface area (TPSA) is 95.1 Å². The fraction of sp³-hybridized carbons (Fsp3) is 0.115. The molecule has 1 N–H and O–H groups in total. The van der Waals surface area contributed by atoms with Gasteiger partial charge >= 0.3 is 0 Å². The molecule has 0 fully saturated rings. The molecule has 0 saturated heterocycles. The molecule has 3 rings (SSSR count). The van der Waals surface area contributed by atoms with Gasteiger partial charge in [0.2, 0.25) is 0 Å². The third-order valence-electron chi connectivity index (χ3n) is 4.58. The number of nitriles is 2. The van der Waals surface area contributed by atoms with Crippen molar-refractivity contribution < 1.29 is 14.3 Å². The maximum absolute atomic E-state index is 12.5. The van der Waals surface area contributed by atoms with Crippen molar-refractivity contribution >= 4 is 33.6 Å². The molecule has 3 aromatic rings. The van der Waals surface area contributed by atoms with E-state index in [4.69, 9.17) is 9.47 Å². The van der Waals surface area contributed by atoms with Gasteiger partial charge in [0.15, 0.2) is 0 Å². The van der Waals surface area contributed by atoms with E-state index in [0.29, 0.717) is 39.4 Å². The molecular weight excluding hydrogens is 482 g/mol. The van der Waals surface area contributed by atoms with E-state index in [1.54, 1.807) is 54.6 Å². The summed E-state index contributed by atoms with van der Waals surface area (Å²) in [6.07, 6.45) is 1.50. The molecule has 7 heteroatoms. The maximum Gasteiger partial charge on any atom is 0.266 e. The number of carbonyl (C=O) groups is 1. The van der Waals surface area contributed by atoms with Gasteiger partial charge in [-0.05, 0) is 77.0 Å². The van der Waals surface area contributed by atoms with Crippen LogP contribution >= 0.6 is 15.9 Å². The van der Waals surface area contributed by atoms with Crippen LogP contribution in [0.15, 0.2) is 76.8 Å². The Kier molecular flexibility index (Phi) is 8.24. The fourth-order valence-electron chi connectivity index (χ4n) is 2.95. The van der Waals surface area contributed by atoms with Crippen molar-refractivity contribution in [1.29, 1.82) is 10.5 Å². The van der Waals surface area contributed by atoms with Gasteiger partial charge < -0.3 is 14.8 Å². The first-order valence-corrected chi connectivity index (χ1v) is 10.9. The molecule has 0 aromatic heterocycles. The highest BCUT2D eigenvalue weighted by Gasteiger charge is 2.11. The van der Waals surface area contributed by atoms with Crippen LogP contribution < -0.4 is 14.8 Å². The van der Waals surface area contributed by atoms with Gasteiger partial charge in [-0.1, -0.05) is 24.3 Å². The van der Waals surface area contributed by atoms with E-state index in [0.717, 1.165) is 5.56 Å². The molecule has 0 unspecified atom stereocenters. The highest BCUT2D eigenvalue weighted by molar-refractivity contribution is 9.10. The maximum atomic E-state index is 12.5. The number of nitrogens with one attached hydrogen (secondary N) is 1. The predicted octanol–water partition coefficient (Wildman–Crippen LogP) is 5.84. The number of carbonyl (C=O) groups excluding carboxylic acids is 1. The van der Waals surface area contributed by atoms with E-state index in [9.17, 15) is 15.3 Å². The van der Waals surface area contributed by atoms with Crippen LogP contribution in [0.25, 0.3) is 6.08 Å². The van der Waals surface area contributed by atoms with Gasteiger partial charge in [-0.15, -0.1) is 0 Å². The lowest BCUT2D eigenvalue weighted by molar-refractivity contribution is -0.112. The van der Waals surface area contributed by atoms with Crippen molar-refractivity contribution in [2.24, 2.45) is 0 Å². The molecule has 0 aliphatic rings. The van der Waals surface area contributed by atoms with Crippen LogP contribution in [-0.4, -0.2) is 12.5 Å². The van der Waals surface area contributed by atoms with Crippen molar-refractivity contribution in [3.8, 4) is 23.6 Å². The molecule has 3 aromatic carbocycles. The molecule has 0 aliphatic carbocycles. The molecule has 164 valence electrons.